The van der Waals surface area contributed by atoms with Crippen LogP contribution in [0.15, 0.2) is 60.9 Å². The molecule has 1 aromatic heterocycles. The van der Waals surface area contributed by atoms with Gasteiger partial charge in [-0.25, -0.2) is 14.8 Å². The van der Waals surface area contributed by atoms with E-state index in [1.54, 1.807) is 12.1 Å². The van der Waals surface area contributed by atoms with E-state index in [2.05, 4.69) is 21.8 Å². The predicted molar refractivity (Wildman–Crippen MR) is 91.3 cm³/mol. The van der Waals surface area contributed by atoms with Crippen molar-refractivity contribution in [2.24, 2.45) is 0 Å². The Kier molecular flexibility index (Phi) is 4.21. The minimum atomic E-state index is -1.04. The Balaban J connectivity index is 2.16. The molecule has 0 saturated carbocycles. The van der Waals surface area contributed by atoms with Gasteiger partial charge < -0.3 is 10.8 Å². The van der Waals surface area contributed by atoms with Gasteiger partial charge in [0.15, 0.2) is 0 Å². The monoisotopic (exact) mass is 315 g/mol. The number of carboxylic acid groups (broad SMARTS) is 1. The van der Waals surface area contributed by atoms with Gasteiger partial charge in [-0.3, -0.25) is 0 Å². The van der Waals surface area contributed by atoms with E-state index in [-0.39, 0.29) is 11.5 Å². The largest absolute Gasteiger partial charge is 0.478 e. The summed E-state index contributed by atoms with van der Waals surface area (Å²) in [7, 11) is 0. The van der Waals surface area contributed by atoms with E-state index in [0.29, 0.717) is 16.7 Å². The van der Waals surface area contributed by atoms with Crippen LogP contribution < -0.4 is 5.73 Å². The standard InChI is InChI=1S/C19H13N3O2/c20-19-21-11-15(12-22-19)17-14(7-4-8-16(17)18(23)24)10-9-13-5-2-1-3-6-13/h1-8,11-12H,(H,23,24)(H2,20,21,22). The summed E-state index contributed by atoms with van der Waals surface area (Å²) < 4.78 is 0. The van der Waals surface area contributed by atoms with E-state index in [9.17, 15) is 9.90 Å². The molecule has 0 aliphatic heterocycles. The summed E-state index contributed by atoms with van der Waals surface area (Å²) in [6, 6.07) is 14.4. The molecular formula is C19H13N3O2. The average molecular weight is 315 g/mol. The van der Waals surface area contributed by atoms with Crippen molar-refractivity contribution in [1.82, 2.24) is 9.97 Å². The van der Waals surface area contributed by atoms with Crippen molar-refractivity contribution < 1.29 is 9.90 Å². The van der Waals surface area contributed by atoms with Gasteiger partial charge in [0, 0.05) is 34.6 Å². The maximum Gasteiger partial charge on any atom is 0.336 e. The number of carbonyl (C=O) groups is 1. The number of carboxylic acids is 1. The lowest BCUT2D eigenvalue weighted by molar-refractivity contribution is 0.0697. The number of hydrogen-bond acceptors (Lipinski definition) is 4. The number of anilines is 1. The highest BCUT2D eigenvalue weighted by Crippen LogP contribution is 2.27. The third-order valence-electron chi connectivity index (χ3n) is 3.37. The summed E-state index contributed by atoms with van der Waals surface area (Å²) in [6.07, 6.45) is 3.00. The third kappa shape index (κ3) is 3.23. The van der Waals surface area contributed by atoms with Crippen LogP contribution in [0.1, 0.15) is 21.5 Å². The highest BCUT2D eigenvalue weighted by Gasteiger charge is 2.15. The number of hydrogen-bond donors (Lipinski definition) is 2. The molecular weight excluding hydrogens is 302 g/mol. The Morgan fingerprint density at radius 1 is 0.958 bits per heavy atom. The van der Waals surface area contributed by atoms with Gasteiger partial charge >= 0.3 is 5.97 Å². The molecule has 24 heavy (non-hydrogen) atoms. The molecule has 0 aliphatic rings. The number of nitrogens with two attached hydrogens (primary N) is 1. The lowest BCUT2D eigenvalue weighted by atomic mass is 9.96. The number of aromatic carboxylic acids is 1. The zero-order valence-corrected chi connectivity index (χ0v) is 12.6. The molecule has 0 aliphatic carbocycles. The molecule has 1 heterocycles. The maximum atomic E-state index is 11.6. The van der Waals surface area contributed by atoms with Gasteiger partial charge in [-0.2, -0.15) is 0 Å². The SMILES string of the molecule is Nc1ncc(-c2c(C#Cc3ccccc3)cccc2C(=O)O)cn1. The van der Waals surface area contributed by atoms with Crippen LogP contribution in [0.3, 0.4) is 0 Å². The Hall–Kier alpha value is -3.65. The van der Waals surface area contributed by atoms with Gasteiger partial charge in [0.2, 0.25) is 5.95 Å². The lowest BCUT2D eigenvalue weighted by Crippen LogP contribution is -2.03. The number of aromatic nitrogens is 2. The van der Waals surface area contributed by atoms with E-state index in [1.807, 2.05) is 30.3 Å². The van der Waals surface area contributed by atoms with Gasteiger partial charge in [0.05, 0.1) is 5.56 Å². The first-order chi connectivity index (χ1) is 11.6. The fourth-order valence-corrected chi connectivity index (χ4v) is 2.27. The Morgan fingerprint density at radius 2 is 1.67 bits per heavy atom. The van der Waals surface area contributed by atoms with Crippen molar-refractivity contribution in [3.05, 3.63) is 77.6 Å². The summed E-state index contributed by atoms with van der Waals surface area (Å²) in [6.45, 7) is 0. The van der Waals surface area contributed by atoms with Crippen molar-refractivity contribution in [3.8, 4) is 23.0 Å². The number of nitrogens with zero attached hydrogens (tertiary/aromatic N) is 2. The molecule has 0 spiro atoms. The van der Waals surface area contributed by atoms with Crippen molar-refractivity contribution in [3.63, 3.8) is 0 Å². The summed E-state index contributed by atoms with van der Waals surface area (Å²) >= 11 is 0. The van der Waals surface area contributed by atoms with E-state index in [4.69, 9.17) is 5.73 Å². The molecule has 0 unspecified atom stereocenters. The van der Waals surface area contributed by atoms with Crippen molar-refractivity contribution in [1.29, 1.82) is 0 Å². The van der Waals surface area contributed by atoms with E-state index >= 15 is 0 Å². The molecule has 2 aromatic carbocycles. The molecule has 3 N–H and O–H groups in total. The zero-order chi connectivity index (χ0) is 16.9. The first-order valence-corrected chi connectivity index (χ1v) is 7.16. The summed E-state index contributed by atoms with van der Waals surface area (Å²) in [4.78, 5) is 19.5. The summed E-state index contributed by atoms with van der Waals surface area (Å²) in [5.74, 6) is 5.17. The summed E-state index contributed by atoms with van der Waals surface area (Å²) in [5.41, 5.74) is 8.12. The van der Waals surface area contributed by atoms with Gasteiger partial charge in [-0.15, -0.1) is 0 Å². The van der Waals surface area contributed by atoms with E-state index in [0.717, 1.165) is 5.56 Å². The highest BCUT2D eigenvalue weighted by molar-refractivity contribution is 5.97. The van der Waals surface area contributed by atoms with Crippen molar-refractivity contribution in [2.45, 2.75) is 0 Å². The van der Waals surface area contributed by atoms with Crippen LogP contribution >= 0.6 is 0 Å². The van der Waals surface area contributed by atoms with Gasteiger partial charge in [-0.05, 0) is 24.3 Å². The molecule has 0 fully saturated rings. The highest BCUT2D eigenvalue weighted by atomic mass is 16.4. The van der Waals surface area contributed by atoms with Gasteiger partial charge in [-0.1, -0.05) is 36.1 Å². The molecule has 3 rings (SSSR count). The normalized spacial score (nSPS) is 9.83. The average Bonchev–Trinajstić information content (AvgIpc) is 2.61. The second-order valence-electron chi connectivity index (χ2n) is 4.98. The van der Waals surface area contributed by atoms with Crippen LogP contribution in [0.25, 0.3) is 11.1 Å². The Labute approximate surface area is 138 Å². The number of nitrogen functional groups attached to an aromatic ring is 1. The van der Waals surface area contributed by atoms with Crippen molar-refractivity contribution in [2.75, 3.05) is 5.73 Å². The van der Waals surface area contributed by atoms with Crippen LogP contribution in [-0.2, 0) is 0 Å². The maximum absolute atomic E-state index is 11.6. The molecule has 5 nitrogen and oxygen atoms in total. The molecule has 0 radical (unpaired) electrons. The predicted octanol–water partition coefficient (Wildman–Crippen LogP) is 2.82. The summed E-state index contributed by atoms with van der Waals surface area (Å²) in [5, 5.41) is 9.48. The third-order valence-corrected chi connectivity index (χ3v) is 3.37. The topological polar surface area (TPSA) is 89.1 Å². The van der Waals surface area contributed by atoms with Crippen LogP contribution in [0.5, 0.6) is 0 Å². The second kappa shape index (κ2) is 6.63. The van der Waals surface area contributed by atoms with Gasteiger partial charge in [0.25, 0.3) is 0 Å². The Bertz CT molecular complexity index is 940. The van der Waals surface area contributed by atoms with Crippen molar-refractivity contribution >= 4 is 11.9 Å². The molecule has 0 saturated heterocycles. The fourth-order valence-electron chi connectivity index (χ4n) is 2.27. The minimum absolute atomic E-state index is 0.128. The molecule has 0 atom stereocenters. The Morgan fingerprint density at radius 3 is 2.33 bits per heavy atom. The molecule has 116 valence electrons. The van der Waals surface area contributed by atoms with Crippen LogP contribution in [0.2, 0.25) is 0 Å². The first kappa shape index (κ1) is 15.3. The quantitative estimate of drug-likeness (QED) is 0.710. The molecule has 0 bridgehead atoms. The number of rotatable bonds is 2. The molecule has 3 aromatic rings. The van der Waals surface area contributed by atoms with Crippen LogP contribution in [-0.4, -0.2) is 21.0 Å². The second-order valence-corrected chi connectivity index (χ2v) is 4.98. The lowest BCUT2D eigenvalue weighted by Gasteiger charge is -2.08. The van der Waals surface area contributed by atoms with Crippen LogP contribution in [0.4, 0.5) is 5.95 Å². The first-order valence-electron chi connectivity index (χ1n) is 7.16. The number of benzene rings is 2. The smallest absolute Gasteiger partial charge is 0.336 e. The van der Waals surface area contributed by atoms with Gasteiger partial charge in [0.1, 0.15) is 0 Å². The van der Waals surface area contributed by atoms with E-state index in [1.165, 1.54) is 18.5 Å². The molecule has 0 amide bonds. The van der Waals surface area contributed by atoms with Crippen LogP contribution in [0, 0.1) is 11.8 Å². The minimum Gasteiger partial charge on any atom is -0.478 e. The van der Waals surface area contributed by atoms with E-state index < -0.39 is 5.97 Å². The molecule has 5 heteroatoms. The zero-order valence-electron chi connectivity index (χ0n) is 12.6. The fraction of sp³-hybridized carbons (Fsp3) is 0.